The van der Waals surface area contributed by atoms with Gasteiger partial charge in [0.2, 0.25) is 0 Å². The van der Waals surface area contributed by atoms with Gasteiger partial charge in [-0.2, -0.15) is 0 Å². The van der Waals surface area contributed by atoms with Crippen LogP contribution in [0.1, 0.15) is 26.3 Å². The van der Waals surface area contributed by atoms with E-state index >= 15 is 0 Å². The monoisotopic (exact) mass is 252 g/mol. The van der Waals surface area contributed by atoms with E-state index in [1.54, 1.807) is 26.0 Å². The van der Waals surface area contributed by atoms with Gasteiger partial charge in [-0.05, 0) is 26.0 Å². The summed E-state index contributed by atoms with van der Waals surface area (Å²) in [4.78, 5) is 12.4. The van der Waals surface area contributed by atoms with Crippen molar-refractivity contribution < 1.29 is 10.0 Å². The van der Waals surface area contributed by atoms with Crippen LogP contribution in [0.15, 0.2) is 24.3 Å². The lowest BCUT2D eigenvalue weighted by Gasteiger charge is -2.27. The van der Waals surface area contributed by atoms with Gasteiger partial charge in [-0.3, -0.25) is 15.0 Å². The molecule has 0 radical (unpaired) electrons. The molecule has 0 saturated carbocycles. The van der Waals surface area contributed by atoms with Gasteiger partial charge in [-0.25, -0.2) is 0 Å². The average molecular weight is 252 g/mol. The molecule has 0 bridgehead atoms. The van der Waals surface area contributed by atoms with Crippen molar-refractivity contribution in [3.05, 3.63) is 39.9 Å². The van der Waals surface area contributed by atoms with Crippen LogP contribution < -0.4 is 0 Å². The lowest BCUT2D eigenvalue weighted by Crippen LogP contribution is -2.38. The Morgan fingerprint density at radius 1 is 1.44 bits per heavy atom. The second-order valence-corrected chi connectivity index (χ2v) is 5.04. The first-order chi connectivity index (χ1) is 8.31. The Labute approximate surface area is 107 Å². The maximum absolute atomic E-state index is 10.7. The largest absolute Gasteiger partial charge is 0.389 e. The van der Waals surface area contributed by atoms with E-state index in [-0.39, 0.29) is 5.69 Å². The molecule has 0 aliphatic rings. The molecular weight excluding hydrogens is 232 g/mol. The minimum absolute atomic E-state index is 0.104. The van der Waals surface area contributed by atoms with Crippen LogP contribution in [0.4, 0.5) is 5.69 Å². The highest BCUT2D eigenvalue weighted by molar-refractivity contribution is 5.34. The summed E-state index contributed by atoms with van der Waals surface area (Å²) in [5.41, 5.74) is 0.221. The normalized spacial score (nSPS) is 11.8. The van der Waals surface area contributed by atoms with E-state index < -0.39 is 10.5 Å². The van der Waals surface area contributed by atoms with Gasteiger partial charge in [-0.15, -0.1) is 0 Å². The predicted molar refractivity (Wildman–Crippen MR) is 70.3 cm³/mol. The highest BCUT2D eigenvalue weighted by Gasteiger charge is 2.17. The van der Waals surface area contributed by atoms with Crippen molar-refractivity contribution in [1.29, 1.82) is 0 Å². The highest BCUT2D eigenvalue weighted by Crippen LogP contribution is 2.16. The summed E-state index contributed by atoms with van der Waals surface area (Å²) < 4.78 is 0. The first kappa shape index (κ1) is 14.6. The SMILES string of the molecule is CCN(Cc1cccc([N+](=O)[O-])c1)CC(C)(C)O. The van der Waals surface area contributed by atoms with Crippen molar-refractivity contribution >= 4 is 5.69 Å². The molecule has 1 aromatic carbocycles. The lowest BCUT2D eigenvalue weighted by atomic mass is 10.1. The molecule has 0 fully saturated rings. The van der Waals surface area contributed by atoms with Gasteiger partial charge in [-0.1, -0.05) is 19.1 Å². The predicted octanol–water partition coefficient (Wildman–Crippen LogP) is 2.19. The molecule has 0 heterocycles. The summed E-state index contributed by atoms with van der Waals surface area (Å²) in [6, 6.07) is 6.61. The Morgan fingerprint density at radius 2 is 2.11 bits per heavy atom. The zero-order chi connectivity index (χ0) is 13.8. The summed E-state index contributed by atoms with van der Waals surface area (Å²) in [6.07, 6.45) is 0. The molecule has 0 aliphatic heterocycles. The molecule has 5 nitrogen and oxygen atoms in total. The molecule has 0 unspecified atom stereocenters. The van der Waals surface area contributed by atoms with E-state index in [0.29, 0.717) is 13.1 Å². The van der Waals surface area contributed by atoms with E-state index in [9.17, 15) is 15.2 Å². The molecule has 1 rings (SSSR count). The van der Waals surface area contributed by atoms with Crippen molar-refractivity contribution in [3.8, 4) is 0 Å². The minimum Gasteiger partial charge on any atom is -0.389 e. The number of benzene rings is 1. The second-order valence-electron chi connectivity index (χ2n) is 5.04. The van der Waals surface area contributed by atoms with E-state index in [2.05, 4.69) is 4.90 Å². The van der Waals surface area contributed by atoms with E-state index in [1.165, 1.54) is 6.07 Å². The summed E-state index contributed by atoms with van der Waals surface area (Å²) >= 11 is 0. The highest BCUT2D eigenvalue weighted by atomic mass is 16.6. The Kier molecular flexibility index (Phi) is 4.81. The van der Waals surface area contributed by atoms with Crippen LogP contribution in [-0.4, -0.2) is 33.6 Å². The molecule has 0 aliphatic carbocycles. The Balaban J connectivity index is 2.76. The lowest BCUT2D eigenvalue weighted by molar-refractivity contribution is -0.384. The molecule has 0 atom stereocenters. The number of hydrogen-bond acceptors (Lipinski definition) is 4. The van der Waals surface area contributed by atoms with Gasteiger partial charge in [0.1, 0.15) is 0 Å². The van der Waals surface area contributed by atoms with Crippen LogP contribution in [0.2, 0.25) is 0 Å². The topological polar surface area (TPSA) is 66.6 Å². The van der Waals surface area contributed by atoms with Crippen molar-refractivity contribution in [2.45, 2.75) is 32.9 Å². The van der Waals surface area contributed by atoms with Gasteiger partial charge in [0.05, 0.1) is 10.5 Å². The number of likely N-dealkylation sites (N-methyl/N-ethyl adjacent to an activating group) is 1. The van der Waals surface area contributed by atoms with E-state index in [4.69, 9.17) is 0 Å². The molecule has 18 heavy (non-hydrogen) atoms. The van der Waals surface area contributed by atoms with Crippen LogP contribution in [0.3, 0.4) is 0 Å². The third-order valence-electron chi connectivity index (χ3n) is 2.59. The third-order valence-corrected chi connectivity index (χ3v) is 2.59. The maximum Gasteiger partial charge on any atom is 0.269 e. The fraction of sp³-hybridized carbons (Fsp3) is 0.538. The molecule has 0 saturated heterocycles. The Morgan fingerprint density at radius 3 is 2.61 bits per heavy atom. The second kappa shape index (κ2) is 5.93. The molecule has 1 N–H and O–H groups in total. The number of non-ortho nitro benzene ring substituents is 1. The quantitative estimate of drug-likeness (QED) is 0.622. The number of aliphatic hydroxyl groups is 1. The zero-order valence-electron chi connectivity index (χ0n) is 11.1. The molecule has 5 heteroatoms. The summed E-state index contributed by atoms with van der Waals surface area (Å²) in [5.74, 6) is 0. The first-order valence-electron chi connectivity index (χ1n) is 6.00. The van der Waals surface area contributed by atoms with Gasteiger partial charge in [0.15, 0.2) is 0 Å². The van der Waals surface area contributed by atoms with Crippen molar-refractivity contribution in [2.75, 3.05) is 13.1 Å². The molecule has 0 spiro atoms. The van der Waals surface area contributed by atoms with E-state index in [0.717, 1.165) is 12.1 Å². The number of hydrogen-bond donors (Lipinski definition) is 1. The first-order valence-corrected chi connectivity index (χ1v) is 6.00. The molecule has 1 aromatic rings. The fourth-order valence-corrected chi connectivity index (χ4v) is 1.85. The van der Waals surface area contributed by atoms with Crippen LogP contribution in [0.5, 0.6) is 0 Å². The minimum atomic E-state index is -0.767. The van der Waals surface area contributed by atoms with Crippen LogP contribution in [0, 0.1) is 10.1 Å². The molecule has 100 valence electrons. The maximum atomic E-state index is 10.7. The smallest absolute Gasteiger partial charge is 0.269 e. The standard InChI is InChI=1S/C13H20N2O3/c1-4-14(10-13(2,3)16)9-11-6-5-7-12(8-11)15(17)18/h5-8,16H,4,9-10H2,1-3H3. The summed E-state index contributed by atoms with van der Waals surface area (Å²) in [7, 11) is 0. The van der Waals surface area contributed by atoms with Gasteiger partial charge < -0.3 is 5.11 Å². The van der Waals surface area contributed by atoms with E-state index in [1.807, 2.05) is 13.0 Å². The summed E-state index contributed by atoms with van der Waals surface area (Å²) in [6.45, 7) is 7.43. The van der Waals surface area contributed by atoms with Crippen LogP contribution in [-0.2, 0) is 6.54 Å². The molecule has 0 amide bonds. The number of rotatable bonds is 6. The Bertz CT molecular complexity index is 413. The molecule has 0 aromatic heterocycles. The van der Waals surface area contributed by atoms with Gasteiger partial charge in [0, 0.05) is 25.2 Å². The van der Waals surface area contributed by atoms with Crippen molar-refractivity contribution in [1.82, 2.24) is 4.90 Å². The average Bonchev–Trinajstić information content (AvgIpc) is 2.26. The number of nitrogens with zero attached hydrogens (tertiary/aromatic N) is 2. The fourth-order valence-electron chi connectivity index (χ4n) is 1.85. The van der Waals surface area contributed by atoms with Gasteiger partial charge >= 0.3 is 0 Å². The van der Waals surface area contributed by atoms with Crippen molar-refractivity contribution in [2.24, 2.45) is 0 Å². The Hall–Kier alpha value is -1.46. The summed E-state index contributed by atoms with van der Waals surface area (Å²) in [5, 5.41) is 20.5. The van der Waals surface area contributed by atoms with Gasteiger partial charge in [0.25, 0.3) is 5.69 Å². The number of nitro benzene ring substituents is 1. The third kappa shape index (κ3) is 4.81. The van der Waals surface area contributed by atoms with Crippen LogP contribution in [0.25, 0.3) is 0 Å². The van der Waals surface area contributed by atoms with Crippen LogP contribution >= 0.6 is 0 Å². The zero-order valence-corrected chi connectivity index (χ0v) is 11.1. The molecular formula is C13H20N2O3. The van der Waals surface area contributed by atoms with Crippen molar-refractivity contribution in [3.63, 3.8) is 0 Å². The number of nitro groups is 1.